The van der Waals surface area contributed by atoms with Crippen LogP contribution in [-0.2, 0) is 16.5 Å². The Morgan fingerprint density at radius 3 is 2.59 bits per heavy atom. The van der Waals surface area contributed by atoms with Gasteiger partial charge in [0, 0.05) is 18.0 Å². The number of fused-ring (bicyclic) bond motifs is 1. The summed E-state index contributed by atoms with van der Waals surface area (Å²) in [5, 5.41) is 9.19. The van der Waals surface area contributed by atoms with E-state index in [-0.39, 0.29) is 11.4 Å². The number of aromatic nitrogens is 2. The van der Waals surface area contributed by atoms with Crippen molar-refractivity contribution in [2.75, 3.05) is 11.4 Å². The number of thiol groups is 1. The van der Waals surface area contributed by atoms with E-state index >= 15 is 0 Å². The molecule has 7 nitrogen and oxygen atoms in total. The van der Waals surface area contributed by atoms with Crippen molar-refractivity contribution in [3.05, 3.63) is 53.7 Å². The molecule has 0 atom stereocenters. The Morgan fingerprint density at radius 1 is 1.17 bits per heavy atom. The summed E-state index contributed by atoms with van der Waals surface area (Å²) in [6.07, 6.45) is 2.16. The van der Waals surface area contributed by atoms with Crippen LogP contribution in [0.2, 0.25) is 0 Å². The van der Waals surface area contributed by atoms with Crippen molar-refractivity contribution in [1.82, 2.24) is 10.2 Å². The molecule has 1 aromatic heterocycles. The zero-order valence-electron chi connectivity index (χ0n) is 16.0. The molecule has 150 valence electrons. The number of primary amides is 1. The van der Waals surface area contributed by atoms with E-state index in [0.717, 1.165) is 47.2 Å². The number of rotatable bonds is 7. The number of hydrogen-bond acceptors (Lipinski definition) is 6. The van der Waals surface area contributed by atoms with E-state index in [9.17, 15) is 13.2 Å². The van der Waals surface area contributed by atoms with Crippen LogP contribution in [0.25, 0.3) is 22.0 Å². The summed E-state index contributed by atoms with van der Waals surface area (Å²) in [5.41, 5.74) is 9.56. The smallest absolute Gasteiger partial charge is 0.271 e. The number of hydrogen-bond donors (Lipinski definition) is 2. The van der Waals surface area contributed by atoms with Crippen molar-refractivity contribution in [3.8, 4) is 11.1 Å². The molecule has 1 aliphatic rings. The molecule has 0 bridgehead atoms. The molecule has 0 unspecified atom stereocenters. The highest BCUT2D eigenvalue weighted by atomic mass is 32.2. The molecule has 4 rings (SSSR count). The molecule has 1 aliphatic carbocycles. The topological polar surface area (TPSA) is 106 Å². The summed E-state index contributed by atoms with van der Waals surface area (Å²) in [6.45, 7) is 2.79. The third kappa shape index (κ3) is 3.80. The van der Waals surface area contributed by atoms with Gasteiger partial charge in [-0.3, -0.25) is 4.79 Å². The maximum Gasteiger partial charge on any atom is 0.271 e. The first-order valence-electron chi connectivity index (χ1n) is 9.56. The summed E-state index contributed by atoms with van der Waals surface area (Å²) in [6, 6.07) is 13.5. The van der Waals surface area contributed by atoms with Crippen LogP contribution in [0, 0.1) is 0 Å². The van der Waals surface area contributed by atoms with Crippen LogP contribution in [0.4, 0.5) is 5.69 Å². The second-order valence-electron chi connectivity index (χ2n) is 7.16. The van der Waals surface area contributed by atoms with Crippen molar-refractivity contribution < 1.29 is 13.2 Å². The number of nitrogens with zero attached hydrogens (tertiary/aromatic N) is 3. The van der Waals surface area contributed by atoms with E-state index < -0.39 is 16.6 Å². The molecule has 3 aromatic rings. The van der Waals surface area contributed by atoms with Crippen LogP contribution in [0.15, 0.2) is 42.5 Å². The molecule has 1 amide bonds. The first kappa shape index (κ1) is 19.3. The zero-order chi connectivity index (χ0) is 20.5. The zero-order valence-corrected chi connectivity index (χ0v) is 16.9. The Kier molecular flexibility index (Phi) is 5.19. The Morgan fingerprint density at radius 2 is 1.93 bits per heavy atom. The lowest BCUT2D eigenvalue weighted by molar-refractivity contribution is 0.0995. The lowest BCUT2D eigenvalue weighted by Crippen LogP contribution is -2.29. The van der Waals surface area contributed by atoms with Crippen LogP contribution < -0.4 is 10.6 Å². The third-order valence-electron chi connectivity index (χ3n) is 5.21. The van der Waals surface area contributed by atoms with E-state index in [0.29, 0.717) is 11.6 Å². The van der Waals surface area contributed by atoms with Crippen molar-refractivity contribution in [2.24, 2.45) is 5.73 Å². The maximum absolute atomic E-state index is 12.0. The van der Waals surface area contributed by atoms with E-state index in [1.165, 1.54) is 0 Å². The quantitative estimate of drug-likeness (QED) is 0.580. The minimum absolute atomic E-state index is 0.0215. The second-order valence-corrected chi connectivity index (χ2v) is 8.14. The van der Waals surface area contributed by atoms with Gasteiger partial charge in [0.05, 0.1) is 17.0 Å². The number of benzene rings is 2. The van der Waals surface area contributed by atoms with E-state index in [4.69, 9.17) is 5.73 Å². The van der Waals surface area contributed by atoms with Gasteiger partial charge in [0.2, 0.25) is 0 Å². The molecule has 1 fully saturated rings. The average Bonchev–Trinajstić information content (AvgIpc) is 3.53. The molecule has 0 spiro atoms. The van der Waals surface area contributed by atoms with Crippen LogP contribution in [0.5, 0.6) is 0 Å². The van der Waals surface area contributed by atoms with Crippen molar-refractivity contribution in [1.29, 1.82) is 0 Å². The van der Waals surface area contributed by atoms with Crippen LogP contribution in [0.1, 0.15) is 35.8 Å². The van der Waals surface area contributed by atoms with Gasteiger partial charge in [0.15, 0.2) is 5.69 Å². The first-order valence-corrected chi connectivity index (χ1v) is 10.9. The molecule has 8 heteroatoms. The lowest BCUT2D eigenvalue weighted by Gasteiger charge is -2.25. The van der Waals surface area contributed by atoms with E-state index in [2.05, 4.69) is 15.1 Å². The average molecular weight is 410 g/mol. The number of carbonyl (C=O) groups excluding carboxylic acids is 1. The molecule has 2 aromatic carbocycles. The molecule has 2 N–H and O–H groups in total. The van der Waals surface area contributed by atoms with Gasteiger partial charge in [-0.2, -0.15) is 0 Å². The number of anilines is 1. The predicted molar refractivity (Wildman–Crippen MR) is 114 cm³/mol. The highest BCUT2D eigenvalue weighted by Gasteiger charge is 2.32. The molecule has 0 aliphatic heterocycles. The number of nitrogens with two attached hydrogens (primary N) is 1. The van der Waals surface area contributed by atoms with Gasteiger partial charge in [0.25, 0.3) is 5.91 Å². The Labute approximate surface area is 170 Å². The Bertz CT molecular complexity index is 1160. The van der Waals surface area contributed by atoms with Crippen molar-refractivity contribution in [3.63, 3.8) is 0 Å². The Balaban J connectivity index is 1.88. The van der Waals surface area contributed by atoms with Gasteiger partial charge in [-0.25, -0.2) is 8.42 Å². The highest BCUT2D eigenvalue weighted by molar-refractivity contribution is 7.71. The van der Waals surface area contributed by atoms with Crippen molar-refractivity contribution in [2.45, 2.75) is 31.6 Å². The number of carbonyl (C=O) groups is 1. The van der Waals surface area contributed by atoms with Crippen LogP contribution in [0.3, 0.4) is 0 Å². The van der Waals surface area contributed by atoms with Crippen LogP contribution in [-0.4, -0.2) is 37.1 Å². The third-order valence-corrected chi connectivity index (χ3v) is 5.81. The van der Waals surface area contributed by atoms with Crippen molar-refractivity contribution >= 4 is 33.2 Å². The molecular formula is C21H22N4O3S. The second kappa shape index (κ2) is 7.79. The monoisotopic (exact) mass is 410 g/mol. The maximum atomic E-state index is 12.0. The largest absolute Gasteiger partial charge is 0.366 e. The minimum Gasteiger partial charge on any atom is -0.366 e. The van der Waals surface area contributed by atoms with E-state index in [1.807, 2.05) is 49.4 Å². The van der Waals surface area contributed by atoms with Gasteiger partial charge >= 0.3 is 0 Å². The highest BCUT2D eigenvalue weighted by Crippen LogP contribution is 2.38. The normalized spacial score (nSPS) is 13.7. The number of amides is 1. The van der Waals surface area contributed by atoms with Gasteiger partial charge in [-0.1, -0.05) is 30.3 Å². The van der Waals surface area contributed by atoms with Gasteiger partial charge < -0.3 is 10.6 Å². The lowest BCUT2D eigenvalue weighted by atomic mass is 9.98. The minimum atomic E-state index is -2.53. The van der Waals surface area contributed by atoms with E-state index in [1.54, 1.807) is 0 Å². The molecule has 0 saturated heterocycles. The molecule has 1 saturated carbocycles. The summed E-state index contributed by atoms with van der Waals surface area (Å²) < 4.78 is 22.5. The van der Waals surface area contributed by atoms with Gasteiger partial charge in [-0.15, -0.1) is 10.2 Å². The molecular weight excluding hydrogens is 388 g/mol. The predicted octanol–water partition coefficient (Wildman–Crippen LogP) is 2.50. The summed E-state index contributed by atoms with van der Waals surface area (Å²) in [4.78, 5) is 14.2. The fraction of sp³-hybridized carbons (Fsp3) is 0.286. The molecule has 29 heavy (non-hydrogen) atoms. The fourth-order valence-corrected chi connectivity index (χ4v) is 4.34. The summed E-state index contributed by atoms with van der Waals surface area (Å²) >= 11 is 0. The SMILES string of the molecule is CCN(c1c(C(N)=O)nnc2cc(-c3ccccc3C[SH](=O)=O)ccc12)C1CC1. The molecule has 0 radical (unpaired) electrons. The van der Waals surface area contributed by atoms with Gasteiger partial charge in [-0.05, 0) is 48.6 Å². The molecule has 1 heterocycles. The first-order chi connectivity index (χ1) is 14.0. The summed E-state index contributed by atoms with van der Waals surface area (Å²) in [7, 11) is -2.53. The summed E-state index contributed by atoms with van der Waals surface area (Å²) in [5.74, 6) is -0.617. The Hall–Kier alpha value is -3.00. The standard InChI is InChI=1S/C21H22N4O3S/c1-2-25(15-8-9-15)20-17-10-7-13(11-18(17)23-24-19(20)21(22)26)16-6-4-3-5-14(16)12-29(27)28/h3-7,10-11,15,29H,2,8-9,12H2,1H3,(H2,22,26). The van der Waals surface area contributed by atoms with Gasteiger partial charge in [0.1, 0.15) is 10.7 Å². The van der Waals surface area contributed by atoms with Crippen LogP contribution >= 0.6 is 0 Å². The fourth-order valence-electron chi connectivity index (χ4n) is 3.78.